The van der Waals surface area contributed by atoms with Crippen LogP contribution in [-0.2, 0) is 19.4 Å². The topological polar surface area (TPSA) is 52.0 Å². The largest absolute Gasteiger partial charge is 0.292 e. The Labute approximate surface area is 151 Å². The van der Waals surface area contributed by atoms with Crippen LogP contribution in [0.2, 0.25) is 0 Å². The van der Waals surface area contributed by atoms with Crippen molar-refractivity contribution < 1.29 is 4.79 Å². The summed E-state index contributed by atoms with van der Waals surface area (Å²) < 4.78 is 2.36. The second-order valence-electron chi connectivity index (χ2n) is 6.00. The van der Waals surface area contributed by atoms with E-state index >= 15 is 0 Å². The summed E-state index contributed by atoms with van der Waals surface area (Å²) in [6.45, 7) is 0.0219. The average Bonchev–Trinajstić information content (AvgIpc) is 2.97. The number of aromatic nitrogens is 2. The average molecular weight is 403 g/mol. The number of benzene rings is 1. The van der Waals surface area contributed by atoms with Crippen LogP contribution in [0.25, 0.3) is 10.2 Å². The molecule has 24 heavy (non-hydrogen) atoms. The summed E-state index contributed by atoms with van der Waals surface area (Å²) in [5.41, 5.74) is 1.66. The summed E-state index contributed by atoms with van der Waals surface area (Å²) in [5.74, 6) is -0.0881. The van der Waals surface area contributed by atoms with Gasteiger partial charge in [0.25, 0.3) is 5.56 Å². The lowest BCUT2D eigenvalue weighted by Gasteiger charge is -2.10. The first kappa shape index (κ1) is 15.7. The van der Waals surface area contributed by atoms with Crippen molar-refractivity contribution >= 4 is 43.3 Å². The SMILES string of the molecule is O=C(Cn1cnc2sc3c(c2c1=O)CCCC3)c1ccc(Br)cc1. The smallest absolute Gasteiger partial charge is 0.262 e. The van der Waals surface area contributed by atoms with Gasteiger partial charge in [0.05, 0.1) is 18.3 Å². The Morgan fingerprint density at radius 2 is 1.96 bits per heavy atom. The van der Waals surface area contributed by atoms with Crippen molar-refractivity contribution in [2.75, 3.05) is 0 Å². The Kier molecular flexibility index (Phi) is 4.10. The second-order valence-corrected chi connectivity index (χ2v) is 8.00. The maximum Gasteiger partial charge on any atom is 0.262 e. The maximum absolute atomic E-state index is 12.9. The number of ketones is 1. The summed E-state index contributed by atoms with van der Waals surface area (Å²) in [7, 11) is 0. The van der Waals surface area contributed by atoms with Gasteiger partial charge in [0.2, 0.25) is 0 Å². The molecule has 0 saturated carbocycles. The number of Topliss-reactive ketones (excluding diaryl/α,β-unsaturated/α-hetero) is 1. The molecule has 1 aliphatic carbocycles. The fraction of sp³-hybridized carbons (Fsp3) is 0.278. The van der Waals surface area contributed by atoms with Crippen LogP contribution in [0.1, 0.15) is 33.6 Å². The molecule has 3 aromatic rings. The summed E-state index contributed by atoms with van der Waals surface area (Å²) in [6.07, 6.45) is 5.77. The van der Waals surface area contributed by atoms with Crippen molar-refractivity contribution in [3.63, 3.8) is 0 Å². The van der Waals surface area contributed by atoms with E-state index in [2.05, 4.69) is 20.9 Å². The van der Waals surface area contributed by atoms with Gasteiger partial charge in [0.1, 0.15) is 4.83 Å². The van der Waals surface area contributed by atoms with Crippen molar-refractivity contribution in [2.24, 2.45) is 0 Å². The van der Waals surface area contributed by atoms with Crippen LogP contribution in [-0.4, -0.2) is 15.3 Å². The van der Waals surface area contributed by atoms with Crippen LogP contribution >= 0.6 is 27.3 Å². The van der Waals surface area contributed by atoms with E-state index in [1.807, 2.05) is 12.1 Å². The second kappa shape index (κ2) is 6.26. The van der Waals surface area contributed by atoms with E-state index in [1.165, 1.54) is 22.2 Å². The highest BCUT2D eigenvalue weighted by molar-refractivity contribution is 9.10. The molecule has 4 rings (SSSR count). The molecule has 6 heteroatoms. The third-order valence-corrected chi connectivity index (χ3v) is 6.15. The molecule has 0 fully saturated rings. The first-order valence-electron chi connectivity index (χ1n) is 7.92. The van der Waals surface area contributed by atoms with E-state index < -0.39 is 0 Å². The van der Waals surface area contributed by atoms with Crippen LogP contribution in [0.3, 0.4) is 0 Å². The lowest BCUT2D eigenvalue weighted by atomic mass is 9.97. The van der Waals surface area contributed by atoms with Gasteiger partial charge < -0.3 is 0 Å². The quantitative estimate of drug-likeness (QED) is 0.622. The molecule has 0 spiro atoms. The minimum Gasteiger partial charge on any atom is -0.292 e. The predicted octanol–water partition coefficient (Wildman–Crippen LogP) is 3.98. The Balaban J connectivity index is 1.72. The van der Waals surface area contributed by atoms with Crippen LogP contribution in [0, 0.1) is 0 Å². The lowest BCUT2D eigenvalue weighted by Crippen LogP contribution is -2.25. The van der Waals surface area contributed by atoms with Crippen LogP contribution in [0.4, 0.5) is 0 Å². The van der Waals surface area contributed by atoms with E-state index in [-0.39, 0.29) is 17.9 Å². The molecule has 0 aliphatic heterocycles. The summed E-state index contributed by atoms with van der Waals surface area (Å²) >= 11 is 4.98. The van der Waals surface area contributed by atoms with Crippen LogP contribution < -0.4 is 5.56 Å². The number of hydrogen-bond donors (Lipinski definition) is 0. The number of halogens is 1. The fourth-order valence-corrected chi connectivity index (χ4v) is 4.66. The molecule has 1 aromatic carbocycles. The number of nitrogens with zero attached hydrogens (tertiary/aromatic N) is 2. The molecule has 4 nitrogen and oxygen atoms in total. The van der Waals surface area contributed by atoms with Gasteiger partial charge in [-0.05, 0) is 43.4 Å². The van der Waals surface area contributed by atoms with Gasteiger partial charge in [-0.15, -0.1) is 11.3 Å². The summed E-state index contributed by atoms with van der Waals surface area (Å²) in [5, 5.41) is 0.723. The van der Waals surface area contributed by atoms with Gasteiger partial charge in [0.15, 0.2) is 5.78 Å². The molecule has 0 amide bonds. The van der Waals surface area contributed by atoms with E-state index in [9.17, 15) is 9.59 Å². The minimum atomic E-state index is -0.0927. The minimum absolute atomic E-state index is 0.0219. The molecule has 2 heterocycles. The zero-order chi connectivity index (χ0) is 16.7. The highest BCUT2D eigenvalue weighted by Gasteiger charge is 2.20. The van der Waals surface area contributed by atoms with Gasteiger partial charge in [-0.25, -0.2) is 4.98 Å². The molecule has 0 unspecified atom stereocenters. The Hall–Kier alpha value is -1.79. The number of aryl methyl sites for hydroxylation is 2. The zero-order valence-corrected chi connectivity index (χ0v) is 15.3. The predicted molar refractivity (Wildman–Crippen MR) is 99.0 cm³/mol. The van der Waals surface area contributed by atoms with E-state index in [1.54, 1.807) is 23.5 Å². The van der Waals surface area contributed by atoms with E-state index in [0.717, 1.165) is 39.5 Å². The van der Waals surface area contributed by atoms with Crippen molar-refractivity contribution in [1.82, 2.24) is 9.55 Å². The maximum atomic E-state index is 12.9. The molecule has 0 atom stereocenters. The number of rotatable bonds is 3. The fourth-order valence-electron chi connectivity index (χ4n) is 3.18. The number of carbonyl (C=O) groups excluding carboxylic acids is 1. The molecule has 0 saturated heterocycles. The van der Waals surface area contributed by atoms with E-state index in [4.69, 9.17) is 0 Å². The van der Waals surface area contributed by atoms with E-state index in [0.29, 0.717) is 5.56 Å². The Morgan fingerprint density at radius 3 is 2.75 bits per heavy atom. The van der Waals surface area contributed by atoms with Crippen molar-refractivity contribution in [3.05, 3.63) is 61.4 Å². The summed E-state index contributed by atoms with van der Waals surface area (Å²) in [4.78, 5) is 31.8. The third-order valence-electron chi connectivity index (χ3n) is 4.42. The lowest BCUT2D eigenvalue weighted by molar-refractivity contribution is 0.0970. The number of fused-ring (bicyclic) bond motifs is 3. The zero-order valence-electron chi connectivity index (χ0n) is 12.9. The van der Waals surface area contributed by atoms with Crippen molar-refractivity contribution in [2.45, 2.75) is 32.2 Å². The van der Waals surface area contributed by atoms with Crippen molar-refractivity contribution in [1.29, 1.82) is 0 Å². The Bertz CT molecular complexity index is 989. The summed E-state index contributed by atoms with van der Waals surface area (Å²) in [6, 6.07) is 7.17. The highest BCUT2D eigenvalue weighted by atomic mass is 79.9. The normalized spacial score (nSPS) is 13.9. The molecule has 0 radical (unpaired) electrons. The van der Waals surface area contributed by atoms with Crippen LogP contribution in [0.5, 0.6) is 0 Å². The first-order valence-corrected chi connectivity index (χ1v) is 9.53. The third kappa shape index (κ3) is 2.74. The van der Waals surface area contributed by atoms with Gasteiger partial charge in [-0.2, -0.15) is 0 Å². The number of carbonyl (C=O) groups is 1. The first-order chi connectivity index (χ1) is 11.6. The molecular formula is C18H15BrN2O2S. The molecule has 122 valence electrons. The standard InChI is InChI=1S/C18H15BrN2O2S/c19-12-7-5-11(6-8-12)14(22)9-21-10-20-17-16(18(21)23)13-3-1-2-4-15(13)24-17/h5-8,10H,1-4,9H2. The van der Waals surface area contributed by atoms with Crippen molar-refractivity contribution in [3.8, 4) is 0 Å². The molecule has 0 bridgehead atoms. The van der Waals surface area contributed by atoms with Gasteiger partial charge in [0, 0.05) is 14.9 Å². The van der Waals surface area contributed by atoms with Crippen LogP contribution in [0.15, 0.2) is 39.9 Å². The number of thiophene rings is 1. The molecular weight excluding hydrogens is 388 g/mol. The highest BCUT2D eigenvalue weighted by Crippen LogP contribution is 2.33. The monoisotopic (exact) mass is 402 g/mol. The van der Waals surface area contributed by atoms with Gasteiger partial charge in [-0.3, -0.25) is 14.2 Å². The number of hydrogen-bond acceptors (Lipinski definition) is 4. The molecule has 1 aliphatic rings. The van der Waals surface area contributed by atoms with Gasteiger partial charge in [-0.1, -0.05) is 28.1 Å². The Morgan fingerprint density at radius 1 is 1.21 bits per heavy atom. The van der Waals surface area contributed by atoms with Gasteiger partial charge >= 0.3 is 0 Å². The molecule has 2 aromatic heterocycles. The molecule has 0 N–H and O–H groups in total.